The number of fused-ring (bicyclic) bond motifs is 1. The molecule has 0 spiro atoms. The lowest BCUT2D eigenvalue weighted by Gasteiger charge is -2.40. The number of hydrogen-bond acceptors (Lipinski definition) is 6. The highest BCUT2D eigenvalue weighted by atomic mass is 32.2. The van der Waals surface area contributed by atoms with Gasteiger partial charge in [-0.1, -0.05) is 12.1 Å². The van der Waals surface area contributed by atoms with Crippen molar-refractivity contribution >= 4 is 34.3 Å². The first-order chi connectivity index (χ1) is 18.5. The van der Waals surface area contributed by atoms with Crippen molar-refractivity contribution in [2.24, 2.45) is 11.8 Å². The second kappa shape index (κ2) is 9.66. The SMILES string of the molecule is CC1(C)OB(c2ccc3c(c2)N(S(=O)(=O)c2cccc(C(F)(F)F)c2)C[C@H](C[C@H]2C[C@H](C(=O)O)C2)O3)OC1(C)C. The van der Waals surface area contributed by atoms with Crippen LogP contribution in [-0.4, -0.2) is 50.5 Å². The van der Waals surface area contributed by atoms with Crippen LogP contribution in [0.25, 0.3) is 0 Å². The van der Waals surface area contributed by atoms with Crippen molar-refractivity contribution < 1.29 is 45.5 Å². The van der Waals surface area contributed by atoms with E-state index in [1.165, 1.54) is 0 Å². The van der Waals surface area contributed by atoms with Crippen molar-refractivity contribution in [1.82, 2.24) is 0 Å². The molecular formula is C27H31BF3NO7S. The number of rotatable bonds is 6. The molecule has 1 saturated heterocycles. The summed E-state index contributed by atoms with van der Waals surface area (Å²) in [5, 5.41) is 9.20. The van der Waals surface area contributed by atoms with Gasteiger partial charge in [-0.05, 0) is 88.7 Å². The number of carbonyl (C=O) groups is 1. The Bertz CT molecular complexity index is 1410. The van der Waals surface area contributed by atoms with Gasteiger partial charge in [0.1, 0.15) is 11.9 Å². The van der Waals surface area contributed by atoms with Gasteiger partial charge in [0, 0.05) is 0 Å². The summed E-state index contributed by atoms with van der Waals surface area (Å²) in [4.78, 5) is 10.7. The zero-order valence-electron chi connectivity index (χ0n) is 22.6. The van der Waals surface area contributed by atoms with Crippen LogP contribution in [0.15, 0.2) is 47.4 Å². The number of benzene rings is 2. The highest BCUT2D eigenvalue weighted by Gasteiger charge is 2.52. The Morgan fingerprint density at radius 3 is 2.33 bits per heavy atom. The molecule has 3 aliphatic rings. The van der Waals surface area contributed by atoms with E-state index in [4.69, 9.17) is 14.0 Å². The number of ether oxygens (including phenoxy) is 1. The van der Waals surface area contributed by atoms with Crippen LogP contribution in [0.4, 0.5) is 18.9 Å². The summed E-state index contributed by atoms with van der Waals surface area (Å²) in [7, 11) is -5.25. The number of alkyl halides is 3. The first-order valence-corrected chi connectivity index (χ1v) is 14.5. The minimum Gasteiger partial charge on any atom is -0.486 e. The third-order valence-electron chi connectivity index (χ3n) is 8.37. The van der Waals surface area contributed by atoms with E-state index >= 15 is 0 Å². The van der Waals surface area contributed by atoms with Gasteiger partial charge in [-0.3, -0.25) is 9.10 Å². The molecule has 1 aliphatic carbocycles. The molecule has 0 aromatic heterocycles. The van der Waals surface area contributed by atoms with Crippen molar-refractivity contribution in [3.63, 3.8) is 0 Å². The molecule has 0 radical (unpaired) electrons. The second-order valence-corrected chi connectivity index (χ2v) is 13.6. The van der Waals surface area contributed by atoms with Gasteiger partial charge in [-0.15, -0.1) is 0 Å². The summed E-state index contributed by atoms with van der Waals surface area (Å²) in [5.41, 5.74) is -1.66. The Balaban J connectivity index is 1.51. The monoisotopic (exact) mass is 581 g/mol. The fraction of sp³-hybridized carbons (Fsp3) is 0.519. The molecule has 216 valence electrons. The van der Waals surface area contributed by atoms with Crippen LogP contribution in [0, 0.1) is 11.8 Å². The van der Waals surface area contributed by atoms with Crippen LogP contribution in [0.3, 0.4) is 0 Å². The molecule has 40 heavy (non-hydrogen) atoms. The van der Waals surface area contributed by atoms with Gasteiger partial charge in [0.05, 0.1) is 39.8 Å². The lowest BCUT2D eigenvalue weighted by atomic mass is 9.72. The van der Waals surface area contributed by atoms with Gasteiger partial charge >= 0.3 is 19.3 Å². The Hall–Kier alpha value is -2.77. The largest absolute Gasteiger partial charge is 0.494 e. The Morgan fingerprint density at radius 1 is 1.07 bits per heavy atom. The molecular weight excluding hydrogens is 550 g/mol. The third-order valence-corrected chi connectivity index (χ3v) is 10.1. The van der Waals surface area contributed by atoms with Crippen LogP contribution >= 0.6 is 0 Å². The topological polar surface area (TPSA) is 102 Å². The first kappa shape index (κ1) is 28.8. The smallest absolute Gasteiger partial charge is 0.486 e. The van der Waals surface area contributed by atoms with E-state index in [0.29, 0.717) is 30.8 Å². The number of hydrogen-bond donors (Lipinski definition) is 1. The molecule has 2 aliphatic heterocycles. The van der Waals surface area contributed by atoms with E-state index in [2.05, 4.69) is 0 Å². The predicted molar refractivity (Wildman–Crippen MR) is 141 cm³/mol. The van der Waals surface area contributed by atoms with Gasteiger partial charge in [0.25, 0.3) is 10.0 Å². The van der Waals surface area contributed by atoms with Gasteiger partial charge < -0.3 is 19.2 Å². The van der Waals surface area contributed by atoms with Crippen LogP contribution in [0.2, 0.25) is 0 Å². The summed E-state index contributed by atoms with van der Waals surface area (Å²) < 4.78 is 87.5. The van der Waals surface area contributed by atoms with Gasteiger partial charge in [-0.2, -0.15) is 13.2 Å². The maximum Gasteiger partial charge on any atom is 0.494 e. The molecule has 2 heterocycles. The predicted octanol–water partition coefficient (Wildman–Crippen LogP) is 4.46. The quantitative estimate of drug-likeness (QED) is 0.503. The highest BCUT2D eigenvalue weighted by Crippen LogP contribution is 2.43. The third kappa shape index (κ3) is 5.19. The molecule has 1 atom stereocenters. The van der Waals surface area contributed by atoms with Crippen LogP contribution < -0.4 is 14.5 Å². The molecule has 8 nitrogen and oxygen atoms in total. The molecule has 1 saturated carbocycles. The molecule has 5 rings (SSSR count). The normalized spacial score (nSPS) is 25.6. The number of halogens is 3. The Kier molecular flexibility index (Phi) is 6.95. The van der Waals surface area contributed by atoms with E-state index < -0.39 is 63.0 Å². The van der Waals surface area contributed by atoms with Crippen LogP contribution in [0.5, 0.6) is 5.75 Å². The zero-order valence-corrected chi connectivity index (χ0v) is 23.4. The maximum atomic E-state index is 13.9. The van der Waals surface area contributed by atoms with Gasteiger partial charge in [0.2, 0.25) is 0 Å². The molecule has 2 aromatic rings. The lowest BCUT2D eigenvalue weighted by molar-refractivity contribution is -0.146. The van der Waals surface area contributed by atoms with Crippen LogP contribution in [0.1, 0.15) is 52.5 Å². The fourth-order valence-corrected chi connectivity index (χ4v) is 6.81. The standard InChI is InChI=1S/C27H31BF3NO7S/c1-25(2)26(3,4)39-28(38-25)19-8-9-23-22(14-19)32(15-20(37-23)12-16-10-17(11-16)24(33)34)40(35,36)21-7-5-6-18(13-21)27(29,30)31/h5-9,13-14,16-17,20H,10-12,15H2,1-4H3,(H,33,34)/t16-,17-,20-/m0/s1. The number of carboxylic acids is 1. The van der Waals surface area contributed by atoms with Crippen molar-refractivity contribution in [1.29, 1.82) is 0 Å². The van der Waals surface area contributed by atoms with E-state index in [1.807, 2.05) is 27.7 Å². The van der Waals surface area contributed by atoms with Crippen molar-refractivity contribution in [2.45, 2.75) is 75.3 Å². The average Bonchev–Trinajstić information content (AvgIpc) is 3.06. The number of sulfonamides is 1. The molecule has 0 amide bonds. The molecule has 0 unspecified atom stereocenters. The molecule has 2 fully saturated rings. The number of carboxylic acid groups (broad SMARTS) is 1. The van der Waals surface area contributed by atoms with Crippen LogP contribution in [-0.2, 0) is 30.3 Å². The highest BCUT2D eigenvalue weighted by molar-refractivity contribution is 7.92. The van der Waals surface area contributed by atoms with E-state index in [-0.39, 0.29) is 23.9 Å². The van der Waals surface area contributed by atoms with Crippen molar-refractivity contribution in [3.05, 3.63) is 48.0 Å². The fourth-order valence-electron chi connectivity index (χ4n) is 5.27. The van der Waals surface area contributed by atoms with Gasteiger partial charge in [0.15, 0.2) is 0 Å². The number of nitrogens with zero attached hydrogens (tertiary/aromatic N) is 1. The Morgan fingerprint density at radius 2 is 1.73 bits per heavy atom. The summed E-state index contributed by atoms with van der Waals surface area (Å²) in [6, 6.07) is 8.54. The second-order valence-electron chi connectivity index (χ2n) is 11.7. The molecule has 1 N–H and O–H groups in total. The average molecular weight is 581 g/mol. The number of anilines is 1. The minimum atomic E-state index is -4.72. The van der Waals surface area contributed by atoms with E-state index in [1.54, 1.807) is 18.2 Å². The molecule has 2 aromatic carbocycles. The van der Waals surface area contributed by atoms with Gasteiger partial charge in [-0.25, -0.2) is 8.42 Å². The first-order valence-electron chi connectivity index (χ1n) is 13.1. The summed E-state index contributed by atoms with van der Waals surface area (Å²) >= 11 is 0. The van der Waals surface area contributed by atoms with Crippen molar-refractivity contribution in [3.8, 4) is 5.75 Å². The lowest BCUT2D eigenvalue weighted by Crippen LogP contribution is -2.46. The maximum absolute atomic E-state index is 13.9. The zero-order chi connectivity index (χ0) is 29.3. The molecule has 0 bridgehead atoms. The number of aliphatic carboxylic acids is 1. The minimum absolute atomic E-state index is 0.0368. The Labute approximate surface area is 231 Å². The van der Waals surface area contributed by atoms with E-state index in [9.17, 15) is 31.5 Å². The summed E-state index contributed by atoms with van der Waals surface area (Å²) in [5.74, 6) is -1.01. The van der Waals surface area contributed by atoms with E-state index in [0.717, 1.165) is 22.5 Å². The molecule has 13 heteroatoms. The van der Waals surface area contributed by atoms with Crippen molar-refractivity contribution in [2.75, 3.05) is 10.8 Å². The summed E-state index contributed by atoms with van der Waals surface area (Å²) in [6.45, 7) is 7.40. The summed E-state index contributed by atoms with van der Waals surface area (Å²) in [6.07, 6.45) is -4.00.